The number of nitrogens with zero attached hydrogens (tertiary/aromatic N) is 2. The number of esters is 1. The monoisotopic (exact) mass is 385 g/mol. The quantitative estimate of drug-likeness (QED) is 0.401. The van der Waals surface area contributed by atoms with Crippen LogP contribution in [-0.4, -0.2) is 35.3 Å². The third-order valence-corrected chi connectivity index (χ3v) is 3.96. The molecule has 2 rings (SSSR count). The molecule has 1 N–H and O–H groups in total. The van der Waals surface area contributed by atoms with E-state index < -0.39 is 18.2 Å². The maximum atomic E-state index is 11.5. The van der Waals surface area contributed by atoms with Crippen LogP contribution in [0, 0.1) is 24.2 Å². The van der Waals surface area contributed by atoms with Gasteiger partial charge in [-0.2, -0.15) is 5.26 Å². The summed E-state index contributed by atoms with van der Waals surface area (Å²) in [4.78, 5) is 29.8. The van der Waals surface area contributed by atoms with E-state index in [4.69, 9.17) is 14.2 Å². The van der Waals surface area contributed by atoms with E-state index in [-0.39, 0.29) is 6.47 Å². The average Bonchev–Trinajstić information content (AvgIpc) is 3.06. The molecule has 148 valence electrons. The minimum atomic E-state index is -1.23. The number of benzene rings is 1. The second-order valence-electron chi connectivity index (χ2n) is 6.67. The van der Waals surface area contributed by atoms with Crippen LogP contribution in [0.2, 0.25) is 0 Å². The molecule has 1 heterocycles. The lowest BCUT2D eigenvalue weighted by molar-refractivity contribution is -0.180. The maximum absolute atomic E-state index is 11.5. The molecule has 0 spiro atoms. The van der Waals surface area contributed by atoms with Gasteiger partial charge in [-0.05, 0) is 30.5 Å². The molecule has 2 atom stereocenters. The van der Waals surface area contributed by atoms with Gasteiger partial charge in [0.05, 0.1) is 24.2 Å². The summed E-state index contributed by atoms with van der Waals surface area (Å²) in [5.74, 6) is -0.563. The van der Waals surface area contributed by atoms with Crippen LogP contribution in [0.1, 0.15) is 49.2 Å². The topological polar surface area (TPSA) is 114 Å². The first-order chi connectivity index (χ1) is 13.4. The highest BCUT2D eigenvalue weighted by Crippen LogP contribution is 2.33. The second-order valence-corrected chi connectivity index (χ2v) is 6.67. The van der Waals surface area contributed by atoms with E-state index in [1.54, 1.807) is 25.1 Å². The molecule has 0 saturated carbocycles. The Morgan fingerprint density at radius 2 is 2.14 bits per heavy atom. The fraction of sp³-hybridized carbons (Fsp3) is 0.400. The lowest BCUT2D eigenvalue weighted by Crippen LogP contribution is -2.29. The normalized spacial score (nSPS) is 12.7. The number of aryl methyl sites for hydroxylation is 1. The standard InChI is InChI=1S/C20H23N3O5/c1-12(2)9-26-17-6-5-15(7-16(17)8-21)18(19-13(3)22-10-23-19)20(27-11-24)28-14(4)25/h5-7,10-12,18,20H,9H2,1-4H3,(H,22,23). The van der Waals surface area contributed by atoms with Crippen molar-refractivity contribution in [3.05, 3.63) is 47.0 Å². The fourth-order valence-corrected chi connectivity index (χ4v) is 2.73. The second kappa shape index (κ2) is 9.55. The van der Waals surface area contributed by atoms with E-state index in [0.29, 0.717) is 35.1 Å². The Morgan fingerprint density at radius 1 is 1.39 bits per heavy atom. The number of aromatic amines is 1. The molecule has 0 aliphatic heterocycles. The van der Waals surface area contributed by atoms with Gasteiger partial charge in [0, 0.05) is 12.6 Å². The SMILES string of the molecule is CC(=O)OC(OC=O)C(c1ccc(OCC(C)C)c(C#N)c1)c1nc[nH]c1C. The van der Waals surface area contributed by atoms with Gasteiger partial charge in [-0.3, -0.25) is 9.59 Å². The van der Waals surface area contributed by atoms with Crippen molar-refractivity contribution in [2.45, 2.75) is 39.9 Å². The summed E-state index contributed by atoms with van der Waals surface area (Å²) >= 11 is 0. The van der Waals surface area contributed by atoms with E-state index in [0.717, 1.165) is 5.69 Å². The Balaban J connectivity index is 2.51. The first kappa shape index (κ1) is 21.0. The zero-order valence-corrected chi connectivity index (χ0v) is 16.3. The molecule has 2 aromatic rings. The molecule has 0 aliphatic carbocycles. The number of aromatic nitrogens is 2. The van der Waals surface area contributed by atoms with Crippen LogP contribution in [0.5, 0.6) is 5.75 Å². The largest absolute Gasteiger partial charge is 0.492 e. The van der Waals surface area contributed by atoms with Crippen LogP contribution in [0.3, 0.4) is 0 Å². The smallest absolute Gasteiger partial charge is 0.305 e. The maximum Gasteiger partial charge on any atom is 0.305 e. The fourth-order valence-electron chi connectivity index (χ4n) is 2.73. The molecular formula is C20H23N3O5. The Bertz CT molecular complexity index is 869. The number of carbonyl (C=O) groups excluding carboxylic acids is 2. The predicted molar refractivity (Wildman–Crippen MR) is 99.4 cm³/mol. The number of H-pyrrole nitrogens is 1. The van der Waals surface area contributed by atoms with Gasteiger partial charge >= 0.3 is 5.97 Å². The number of imidazole rings is 1. The number of hydrogen-bond acceptors (Lipinski definition) is 7. The average molecular weight is 385 g/mol. The zero-order valence-electron chi connectivity index (χ0n) is 16.3. The molecule has 0 saturated heterocycles. The van der Waals surface area contributed by atoms with Gasteiger partial charge in [-0.15, -0.1) is 0 Å². The summed E-state index contributed by atoms with van der Waals surface area (Å²) in [6, 6.07) is 7.15. The van der Waals surface area contributed by atoms with Crippen molar-refractivity contribution in [2.24, 2.45) is 5.92 Å². The summed E-state index contributed by atoms with van der Waals surface area (Å²) in [5, 5.41) is 9.54. The molecule has 1 aromatic carbocycles. The highest BCUT2D eigenvalue weighted by Gasteiger charge is 2.33. The Labute approximate surface area is 163 Å². The predicted octanol–water partition coefficient (Wildman–Crippen LogP) is 2.82. The van der Waals surface area contributed by atoms with E-state index in [9.17, 15) is 14.9 Å². The van der Waals surface area contributed by atoms with Gasteiger partial charge < -0.3 is 19.2 Å². The van der Waals surface area contributed by atoms with Crippen LogP contribution < -0.4 is 4.74 Å². The van der Waals surface area contributed by atoms with Crippen LogP contribution in [0.15, 0.2) is 24.5 Å². The van der Waals surface area contributed by atoms with Crippen LogP contribution >= 0.6 is 0 Å². The Hall–Kier alpha value is -3.34. The third-order valence-electron chi connectivity index (χ3n) is 3.96. The lowest BCUT2D eigenvalue weighted by atomic mass is 9.92. The van der Waals surface area contributed by atoms with Gasteiger partial charge in [0.15, 0.2) is 0 Å². The van der Waals surface area contributed by atoms with E-state index in [2.05, 4.69) is 16.0 Å². The van der Waals surface area contributed by atoms with Crippen LogP contribution in [-0.2, 0) is 19.1 Å². The van der Waals surface area contributed by atoms with Gasteiger partial charge in [0.2, 0.25) is 0 Å². The van der Waals surface area contributed by atoms with Gasteiger partial charge in [-0.1, -0.05) is 19.9 Å². The van der Waals surface area contributed by atoms with Crippen molar-refractivity contribution in [3.63, 3.8) is 0 Å². The minimum absolute atomic E-state index is 0.216. The lowest BCUT2D eigenvalue weighted by Gasteiger charge is -2.25. The number of hydrogen-bond donors (Lipinski definition) is 1. The number of rotatable bonds is 9. The summed E-state index contributed by atoms with van der Waals surface area (Å²) in [6.07, 6.45) is 0.264. The minimum Gasteiger partial charge on any atom is -0.492 e. The molecule has 0 amide bonds. The Morgan fingerprint density at radius 3 is 2.68 bits per heavy atom. The summed E-state index contributed by atoms with van der Waals surface area (Å²) in [5.41, 5.74) is 2.17. The zero-order chi connectivity index (χ0) is 20.7. The number of carbonyl (C=O) groups is 2. The van der Waals surface area contributed by atoms with Gasteiger partial charge in [-0.25, -0.2) is 4.98 Å². The van der Waals surface area contributed by atoms with Crippen molar-refractivity contribution in [1.82, 2.24) is 9.97 Å². The summed E-state index contributed by atoms with van der Waals surface area (Å²) in [7, 11) is 0. The number of nitriles is 1. The van der Waals surface area contributed by atoms with Crippen molar-refractivity contribution in [2.75, 3.05) is 6.61 Å². The molecule has 0 aliphatic rings. The Kier molecular flexibility index (Phi) is 7.15. The highest BCUT2D eigenvalue weighted by atomic mass is 16.7. The van der Waals surface area contributed by atoms with Crippen molar-refractivity contribution in [1.29, 1.82) is 5.26 Å². The number of ether oxygens (including phenoxy) is 3. The first-order valence-electron chi connectivity index (χ1n) is 8.80. The number of nitrogens with one attached hydrogen (secondary N) is 1. The third kappa shape index (κ3) is 5.10. The van der Waals surface area contributed by atoms with Crippen LogP contribution in [0.4, 0.5) is 0 Å². The summed E-state index contributed by atoms with van der Waals surface area (Å²) < 4.78 is 15.9. The molecular weight excluding hydrogens is 362 g/mol. The molecule has 28 heavy (non-hydrogen) atoms. The molecule has 0 bridgehead atoms. The van der Waals surface area contributed by atoms with Crippen molar-refractivity contribution in [3.8, 4) is 11.8 Å². The van der Waals surface area contributed by atoms with Gasteiger partial charge in [0.25, 0.3) is 12.8 Å². The molecule has 2 unspecified atom stereocenters. The van der Waals surface area contributed by atoms with E-state index in [1.807, 2.05) is 13.8 Å². The molecule has 0 fully saturated rings. The molecule has 0 radical (unpaired) electrons. The van der Waals surface area contributed by atoms with Crippen molar-refractivity contribution >= 4 is 12.4 Å². The van der Waals surface area contributed by atoms with Crippen molar-refractivity contribution < 1.29 is 23.8 Å². The van der Waals surface area contributed by atoms with Gasteiger partial charge in [0.1, 0.15) is 17.7 Å². The molecule has 1 aromatic heterocycles. The molecule has 8 heteroatoms. The van der Waals surface area contributed by atoms with Crippen LogP contribution in [0.25, 0.3) is 0 Å². The summed E-state index contributed by atoms with van der Waals surface area (Å²) in [6.45, 7) is 7.73. The highest BCUT2D eigenvalue weighted by molar-refractivity contribution is 5.66. The van der Waals surface area contributed by atoms with E-state index in [1.165, 1.54) is 13.3 Å². The van der Waals surface area contributed by atoms with E-state index >= 15 is 0 Å². The molecule has 8 nitrogen and oxygen atoms in total. The first-order valence-corrected chi connectivity index (χ1v) is 8.80.